The Kier molecular flexibility index (Phi) is 7.43. The van der Waals surface area contributed by atoms with Gasteiger partial charge in [-0.15, -0.1) is 0 Å². The van der Waals surface area contributed by atoms with Crippen molar-refractivity contribution in [2.45, 2.75) is 82.4 Å². The first-order valence-electron chi connectivity index (χ1n) is 12.9. The largest absolute Gasteiger partial charge is 0.467 e. The van der Waals surface area contributed by atoms with Crippen LogP contribution < -0.4 is 0 Å². The number of fused-ring (bicyclic) bond motifs is 1. The molecule has 1 aliphatic carbocycles. The summed E-state index contributed by atoms with van der Waals surface area (Å²) >= 11 is 0. The van der Waals surface area contributed by atoms with Gasteiger partial charge in [0.05, 0.1) is 29.3 Å². The highest BCUT2D eigenvalue weighted by Crippen LogP contribution is 2.60. The molecule has 0 radical (unpaired) electrons. The average Bonchev–Trinajstić information content (AvgIpc) is 3.00. The number of methoxy groups -OCH3 is 1. The van der Waals surface area contributed by atoms with Gasteiger partial charge in [-0.3, -0.25) is 0 Å². The molecule has 0 spiro atoms. The molecule has 1 saturated carbocycles. The van der Waals surface area contributed by atoms with E-state index in [0.717, 1.165) is 0 Å². The second-order valence-corrected chi connectivity index (χ2v) is 11.2. The molecule has 8 nitrogen and oxygen atoms in total. The van der Waals surface area contributed by atoms with Crippen LogP contribution in [0.2, 0.25) is 0 Å². The van der Waals surface area contributed by atoms with Crippen molar-refractivity contribution in [1.82, 2.24) is 0 Å². The number of rotatable bonds is 5. The lowest BCUT2D eigenvalue weighted by atomic mass is 9.53. The van der Waals surface area contributed by atoms with Crippen LogP contribution in [0.3, 0.4) is 0 Å². The molecule has 1 heterocycles. The number of hydrogen-bond acceptors (Lipinski definition) is 8. The van der Waals surface area contributed by atoms with Crippen LogP contribution in [-0.2, 0) is 23.7 Å². The van der Waals surface area contributed by atoms with E-state index in [1.165, 1.54) is 14.0 Å². The second-order valence-electron chi connectivity index (χ2n) is 11.2. The van der Waals surface area contributed by atoms with E-state index < -0.39 is 52.3 Å². The fourth-order valence-corrected chi connectivity index (χ4v) is 6.12. The van der Waals surface area contributed by atoms with Gasteiger partial charge >= 0.3 is 17.9 Å². The second kappa shape index (κ2) is 10.2. The normalized spacial score (nSPS) is 32.3. The fraction of sp³-hybridized carbons (Fsp3) is 0.500. The number of ether oxygens (including phenoxy) is 4. The van der Waals surface area contributed by atoms with Gasteiger partial charge in [-0.05, 0) is 77.6 Å². The standard InChI is InChI=1S/C30H36O8/c1-27(2)18-16-22(36-24(31)20-12-8-6-9-13-20)29(4)23(37-25(32)21-14-10-7-11-15-21)17-19-28(3,34)30(29,38-27)26(33)35-5/h6-15,22-23,34H,16-19H2,1-5H3/t22-,23-,28-,29+,30-/m0/s1. The fourth-order valence-electron chi connectivity index (χ4n) is 6.12. The number of carbonyl (C=O) groups excluding carboxylic acids is 3. The summed E-state index contributed by atoms with van der Waals surface area (Å²) in [6.45, 7) is 6.84. The maximum Gasteiger partial charge on any atom is 0.342 e. The molecular formula is C30H36O8. The van der Waals surface area contributed by atoms with Crippen LogP contribution in [-0.4, -0.2) is 59.1 Å². The highest BCUT2D eigenvalue weighted by atomic mass is 16.6. The van der Waals surface area contributed by atoms with E-state index in [4.69, 9.17) is 18.9 Å². The Hall–Kier alpha value is -3.23. The van der Waals surface area contributed by atoms with E-state index in [9.17, 15) is 19.5 Å². The summed E-state index contributed by atoms with van der Waals surface area (Å²) in [5.41, 5.74) is -5.49. The number of benzene rings is 2. The SMILES string of the molecule is COC(=O)[C@@]12OC(C)(C)CC[C@H](OC(=O)c3ccccc3)[C@]1(C)[C@@H](OC(=O)c1ccccc1)CC[C@]2(C)O. The number of aliphatic hydroxyl groups is 1. The van der Waals surface area contributed by atoms with Crippen molar-refractivity contribution in [3.05, 3.63) is 71.8 Å². The van der Waals surface area contributed by atoms with Crippen LogP contribution in [0.1, 0.15) is 74.1 Å². The monoisotopic (exact) mass is 524 g/mol. The van der Waals surface area contributed by atoms with Gasteiger partial charge in [0.1, 0.15) is 17.8 Å². The Morgan fingerprint density at radius 1 is 0.789 bits per heavy atom. The molecule has 0 aromatic heterocycles. The average molecular weight is 525 g/mol. The van der Waals surface area contributed by atoms with Crippen molar-refractivity contribution in [3.63, 3.8) is 0 Å². The summed E-state index contributed by atoms with van der Waals surface area (Å²) < 4.78 is 24.1. The lowest BCUT2D eigenvalue weighted by molar-refractivity contribution is -0.310. The molecular weight excluding hydrogens is 488 g/mol. The van der Waals surface area contributed by atoms with Crippen molar-refractivity contribution >= 4 is 17.9 Å². The summed E-state index contributed by atoms with van der Waals surface area (Å²) in [6, 6.07) is 17.0. The number of carbonyl (C=O) groups is 3. The van der Waals surface area contributed by atoms with Crippen LogP contribution in [0, 0.1) is 5.41 Å². The molecule has 2 aliphatic rings. The summed E-state index contributed by atoms with van der Waals surface area (Å²) in [7, 11) is 1.22. The van der Waals surface area contributed by atoms with E-state index in [2.05, 4.69) is 0 Å². The highest BCUT2D eigenvalue weighted by molar-refractivity contribution is 5.91. The molecule has 2 aromatic carbocycles. The van der Waals surface area contributed by atoms with E-state index in [1.54, 1.807) is 67.6 Å². The lowest BCUT2D eigenvalue weighted by Crippen LogP contribution is -2.77. The minimum absolute atomic E-state index is 0.0832. The molecule has 5 atom stereocenters. The predicted molar refractivity (Wildman–Crippen MR) is 138 cm³/mol. The zero-order valence-electron chi connectivity index (χ0n) is 22.6. The van der Waals surface area contributed by atoms with E-state index >= 15 is 0 Å². The number of esters is 3. The molecule has 0 unspecified atom stereocenters. The van der Waals surface area contributed by atoms with E-state index in [1.807, 2.05) is 13.8 Å². The topological polar surface area (TPSA) is 108 Å². The molecule has 1 aliphatic heterocycles. The molecule has 1 N–H and O–H groups in total. The third kappa shape index (κ3) is 4.60. The smallest absolute Gasteiger partial charge is 0.342 e. The van der Waals surface area contributed by atoms with Crippen LogP contribution >= 0.6 is 0 Å². The van der Waals surface area contributed by atoms with Gasteiger partial charge in [0, 0.05) is 0 Å². The first-order valence-corrected chi connectivity index (χ1v) is 12.9. The third-order valence-corrected chi connectivity index (χ3v) is 8.18. The molecule has 8 heteroatoms. The van der Waals surface area contributed by atoms with Crippen molar-refractivity contribution in [1.29, 1.82) is 0 Å². The summed E-state index contributed by atoms with van der Waals surface area (Å²) in [6.07, 6.45) is -0.905. The third-order valence-electron chi connectivity index (χ3n) is 8.18. The molecule has 1 saturated heterocycles. The predicted octanol–water partition coefficient (Wildman–Crippen LogP) is 4.49. The zero-order chi connectivity index (χ0) is 27.8. The number of hydrogen-bond donors (Lipinski definition) is 1. The van der Waals surface area contributed by atoms with Crippen molar-refractivity contribution < 1.29 is 38.4 Å². The maximum absolute atomic E-state index is 13.8. The van der Waals surface area contributed by atoms with Crippen LogP contribution in [0.4, 0.5) is 0 Å². The molecule has 0 amide bonds. The Balaban J connectivity index is 1.87. The minimum atomic E-state index is -2.02. The highest BCUT2D eigenvalue weighted by Gasteiger charge is 2.76. The minimum Gasteiger partial charge on any atom is -0.467 e. The van der Waals surface area contributed by atoms with Gasteiger partial charge in [-0.2, -0.15) is 0 Å². The zero-order valence-corrected chi connectivity index (χ0v) is 22.6. The Labute approximate surface area is 223 Å². The Morgan fingerprint density at radius 2 is 1.24 bits per heavy atom. The van der Waals surface area contributed by atoms with E-state index in [-0.39, 0.29) is 12.8 Å². The van der Waals surface area contributed by atoms with Crippen molar-refractivity contribution in [2.24, 2.45) is 5.41 Å². The van der Waals surface area contributed by atoms with Crippen LogP contribution in [0.5, 0.6) is 0 Å². The van der Waals surface area contributed by atoms with Gasteiger partial charge in [0.15, 0.2) is 0 Å². The van der Waals surface area contributed by atoms with Gasteiger partial charge in [0.2, 0.25) is 5.60 Å². The van der Waals surface area contributed by atoms with Gasteiger partial charge in [0.25, 0.3) is 0 Å². The van der Waals surface area contributed by atoms with Crippen LogP contribution in [0.15, 0.2) is 60.7 Å². The maximum atomic E-state index is 13.8. The molecule has 2 aromatic rings. The molecule has 204 valence electrons. The first kappa shape index (κ1) is 27.8. The van der Waals surface area contributed by atoms with Crippen molar-refractivity contribution in [3.8, 4) is 0 Å². The van der Waals surface area contributed by atoms with Gasteiger partial charge < -0.3 is 24.1 Å². The Morgan fingerprint density at radius 3 is 1.68 bits per heavy atom. The van der Waals surface area contributed by atoms with Gasteiger partial charge in [-0.1, -0.05) is 36.4 Å². The van der Waals surface area contributed by atoms with E-state index in [0.29, 0.717) is 24.0 Å². The molecule has 0 bridgehead atoms. The molecule has 2 fully saturated rings. The quantitative estimate of drug-likeness (QED) is 0.450. The van der Waals surface area contributed by atoms with Gasteiger partial charge in [-0.25, -0.2) is 14.4 Å². The summed E-state index contributed by atoms with van der Waals surface area (Å²) in [5, 5.41) is 11.9. The van der Waals surface area contributed by atoms with Crippen LogP contribution in [0.25, 0.3) is 0 Å². The van der Waals surface area contributed by atoms with Crippen molar-refractivity contribution in [2.75, 3.05) is 7.11 Å². The Bertz CT molecular complexity index is 1180. The molecule has 38 heavy (non-hydrogen) atoms. The summed E-state index contributed by atoms with van der Waals surface area (Å²) in [4.78, 5) is 40.4. The lowest BCUT2D eigenvalue weighted by Gasteiger charge is -2.60. The first-order chi connectivity index (χ1) is 17.9. The summed E-state index contributed by atoms with van der Waals surface area (Å²) in [5.74, 6) is -2.00. The molecule has 4 rings (SSSR count).